The molecule has 7 heteroatoms. The molecule has 0 atom stereocenters. The van der Waals surface area contributed by atoms with E-state index in [-0.39, 0.29) is 18.1 Å². The maximum Gasteiger partial charge on any atom is 0.338 e. The molecule has 2 aromatic rings. The van der Waals surface area contributed by atoms with Crippen molar-refractivity contribution >= 4 is 17.6 Å². The number of carbonyl (C=O) groups excluding carboxylic acids is 1. The molecule has 102 valence electrons. The first-order valence-corrected chi connectivity index (χ1v) is 5.66. The number of hydrogen-bond acceptors (Lipinski definition) is 5. The normalized spacial score (nSPS) is 12.2. The van der Waals surface area contributed by atoms with Crippen LogP contribution < -0.4 is 14.8 Å². The van der Waals surface area contributed by atoms with Crippen LogP contribution in [-0.2, 0) is 0 Å². The number of carboxylic acid groups (broad SMARTS) is 1. The van der Waals surface area contributed by atoms with E-state index >= 15 is 0 Å². The molecule has 1 aliphatic rings. The first-order chi connectivity index (χ1) is 9.63. The Labute approximate surface area is 112 Å². The fraction of sp³-hybridized carbons (Fsp3) is 0.0769. The van der Waals surface area contributed by atoms with Gasteiger partial charge in [0.1, 0.15) is 6.26 Å². The van der Waals surface area contributed by atoms with E-state index in [1.165, 1.54) is 0 Å². The summed E-state index contributed by atoms with van der Waals surface area (Å²) < 4.78 is 15.2. The van der Waals surface area contributed by atoms with Gasteiger partial charge >= 0.3 is 5.97 Å². The van der Waals surface area contributed by atoms with Crippen LogP contribution in [0.15, 0.2) is 34.9 Å². The van der Waals surface area contributed by atoms with Crippen molar-refractivity contribution in [2.45, 2.75) is 0 Å². The first-order valence-electron chi connectivity index (χ1n) is 5.66. The standard InChI is InChI=1S/C13H9NO6/c15-12(11-3-7(5-18-11)13(16)17)14-8-1-2-9-10(4-8)20-6-19-9/h1-5H,6H2,(H,14,15)(H,16,17). The zero-order valence-corrected chi connectivity index (χ0v) is 10.1. The summed E-state index contributed by atoms with van der Waals surface area (Å²) in [5, 5.41) is 11.3. The molecule has 2 N–H and O–H groups in total. The average Bonchev–Trinajstić information content (AvgIpc) is 3.07. The average molecular weight is 275 g/mol. The summed E-state index contributed by atoms with van der Waals surface area (Å²) in [5.74, 6) is -0.644. The van der Waals surface area contributed by atoms with Crippen LogP contribution >= 0.6 is 0 Å². The molecule has 3 rings (SSSR count). The summed E-state index contributed by atoms with van der Waals surface area (Å²) in [6.45, 7) is 0.146. The highest BCUT2D eigenvalue weighted by atomic mass is 16.7. The number of aromatic carboxylic acids is 1. The second kappa shape index (κ2) is 4.61. The number of nitrogens with one attached hydrogen (secondary N) is 1. The van der Waals surface area contributed by atoms with Gasteiger partial charge in [0.05, 0.1) is 5.56 Å². The van der Waals surface area contributed by atoms with E-state index < -0.39 is 11.9 Å². The van der Waals surface area contributed by atoms with Crippen molar-refractivity contribution in [2.75, 3.05) is 12.1 Å². The van der Waals surface area contributed by atoms with E-state index in [9.17, 15) is 9.59 Å². The lowest BCUT2D eigenvalue weighted by atomic mass is 10.2. The van der Waals surface area contributed by atoms with Crippen LogP contribution in [0.3, 0.4) is 0 Å². The van der Waals surface area contributed by atoms with Crippen LogP contribution in [0.4, 0.5) is 5.69 Å². The third-order valence-corrected chi connectivity index (χ3v) is 2.70. The van der Waals surface area contributed by atoms with Crippen molar-refractivity contribution in [1.29, 1.82) is 0 Å². The largest absolute Gasteiger partial charge is 0.478 e. The van der Waals surface area contributed by atoms with E-state index in [4.69, 9.17) is 19.0 Å². The molecule has 1 amide bonds. The molecule has 0 radical (unpaired) electrons. The Kier molecular flexibility index (Phi) is 2.79. The monoisotopic (exact) mass is 275 g/mol. The number of carboxylic acids is 1. The van der Waals surface area contributed by atoms with Gasteiger partial charge in [0.2, 0.25) is 6.79 Å². The summed E-state index contributed by atoms with van der Waals surface area (Å²) in [4.78, 5) is 22.6. The van der Waals surface area contributed by atoms with Gasteiger partial charge in [0.25, 0.3) is 5.91 Å². The minimum absolute atomic E-state index is 0.0826. The molecule has 0 spiro atoms. The zero-order chi connectivity index (χ0) is 14.1. The quantitative estimate of drug-likeness (QED) is 0.888. The van der Waals surface area contributed by atoms with Gasteiger partial charge in [-0.25, -0.2) is 4.79 Å². The molecular weight excluding hydrogens is 266 g/mol. The predicted octanol–water partition coefficient (Wildman–Crippen LogP) is 1.96. The molecule has 2 heterocycles. The number of anilines is 1. The Morgan fingerprint density at radius 1 is 1.15 bits per heavy atom. The molecule has 7 nitrogen and oxygen atoms in total. The second-order valence-corrected chi connectivity index (χ2v) is 4.03. The van der Waals surface area contributed by atoms with Crippen molar-refractivity contribution < 1.29 is 28.6 Å². The van der Waals surface area contributed by atoms with Crippen LogP contribution in [0.2, 0.25) is 0 Å². The Morgan fingerprint density at radius 2 is 1.95 bits per heavy atom. The number of carbonyl (C=O) groups is 2. The van der Waals surface area contributed by atoms with Crippen LogP contribution in [0, 0.1) is 0 Å². The molecular formula is C13H9NO6. The predicted molar refractivity (Wildman–Crippen MR) is 66.2 cm³/mol. The van der Waals surface area contributed by atoms with E-state index in [0.717, 1.165) is 12.3 Å². The number of furan rings is 1. The molecule has 1 aliphatic heterocycles. The van der Waals surface area contributed by atoms with Crippen LogP contribution in [0.5, 0.6) is 11.5 Å². The lowest BCUT2D eigenvalue weighted by Gasteiger charge is -2.04. The van der Waals surface area contributed by atoms with Gasteiger partial charge in [0, 0.05) is 17.8 Å². The van der Waals surface area contributed by atoms with Crippen molar-refractivity contribution in [3.63, 3.8) is 0 Å². The lowest BCUT2D eigenvalue weighted by Crippen LogP contribution is -2.10. The SMILES string of the molecule is O=C(O)c1coc(C(=O)Nc2ccc3c(c2)OCO3)c1. The Balaban J connectivity index is 1.76. The van der Waals surface area contributed by atoms with Crippen LogP contribution in [-0.4, -0.2) is 23.8 Å². The second-order valence-electron chi connectivity index (χ2n) is 4.03. The smallest absolute Gasteiger partial charge is 0.338 e. The van der Waals surface area contributed by atoms with Crippen LogP contribution in [0.25, 0.3) is 0 Å². The highest BCUT2D eigenvalue weighted by Crippen LogP contribution is 2.34. The number of benzene rings is 1. The van der Waals surface area contributed by atoms with Crippen molar-refractivity contribution in [3.05, 3.63) is 41.9 Å². The highest BCUT2D eigenvalue weighted by molar-refractivity contribution is 6.03. The molecule has 0 saturated heterocycles. The van der Waals surface area contributed by atoms with E-state index in [1.54, 1.807) is 18.2 Å². The Bertz CT molecular complexity index is 690. The zero-order valence-electron chi connectivity index (χ0n) is 10.1. The number of hydrogen-bond donors (Lipinski definition) is 2. The summed E-state index contributed by atoms with van der Waals surface area (Å²) in [5.41, 5.74) is 0.411. The van der Waals surface area contributed by atoms with Crippen molar-refractivity contribution in [2.24, 2.45) is 0 Å². The Morgan fingerprint density at radius 3 is 2.70 bits per heavy atom. The maximum absolute atomic E-state index is 11.9. The van der Waals surface area contributed by atoms with Crippen molar-refractivity contribution in [1.82, 2.24) is 0 Å². The van der Waals surface area contributed by atoms with E-state index in [0.29, 0.717) is 17.2 Å². The highest BCUT2D eigenvalue weighted by Gasteiger charge is 2.17. The van der Waals surface area contributed by atoms with E-state index in [1.807, 2.05) is 0 Å². The molecule has 0 fully saturated rings. The van der Waals surface area contributed by atoms with Crippen molar-refractivity contribution in [3.8, 4) is 11.5 Å². The molecule has 0 unspecified atom stereocenters. The van der Waals surface area contributed by atoms with Crippen LogP contribution in [0.1, 0.15) is 20.9 Å². The Hall–Kier alpha value is -2.96. The third-order valence-electron chi connectivity index (χ3n) is 2.70. The number of fused-ring (bicyclic) bond motifs is 1. The van der Waals surface area contributed by atoms with Gasteiger partial charge in [-0.3, -0.25) is 4.79 Å². The number of ether oxygens (including phenoxy) is 2. The molecule has 1 aromatic carbocycles. The lowest BCUT2D eigenvalue weighted by molar-refractivity contribution is 0.0696. The number of amides is 1. The van der Waals surface area contributed by atoms with Gasteiger partial charge < -0.3 is 24.3 Å². The summed E-state index contributed by atoms with van der Waals surface area (Å²) in [6, 6.07) is 6.08. The first kappa shape index (κ1) is 12.1. The molecule has 0 saturated carbocycles. The fourth-order valence-electron chi connectivity index (χ4n) is 1.73. The topological polar surface area (TPSA) is 98.0 Å². The molecule has 0 bridgehead atoms. The molecule has 20 heavy (non-hydrogen) atoms. The maximum atomic E-state index is 11.9. The molecule has 0 aliphatic carbocycles. The minimum Gasteiger partial charge on any atom is -0.478 e. The summed E-state index contributed by atoms with van der Waals surface area (Å²) >= 11 is 0. The van der Waals surface area contributed by atoms with Gasteiger partial charge in [-0.15, -0.1) is 0 Å². The van der Waals surface area contributed by atoms with E-state index in [2.05, 4.69) is 5.32 Å². The minimum atomic E-state index is -1.16. The molecule has 1 aromatic heterocycles. The summed E-state index contributed by atoms with van der Waals surface area (Å²) in [7, 11) is 0. The fourth-order valence-corrected chi connectivity index (χ4v) is 1.73. The summed E-state index contributed by atoms with van der Waals surface area (Å²) in [6.07, 6.45) is 1.01. The number of rotatable bonds is 3. The van der Waals surface area contributed by atoms with Gasteiger partial charge in [0.15, 0.2) is 17.3 Å². The van der Waals surface area contributed by atoms with Gasteiger partial charge in [-0.1, -0.05) is 0 Å². The van der Waals surface area contributed by atoms with Gasteiger partial charge in [-0.2, -0.15) is 0 Å². The third kappa shape index (κ3) is 2.16. The van der Waals surface area contributed by atoms with Gasteiger partial charge in [-0.05, 0) is 12.1 Å².